The predicted molar refractivity (Wildman–Crippen MR) is 71.0 cm³/mol. The van der Waals surface area contributed by atoms with Crippen LogP contribution in [0.2, 0.25) is 0 Å². The summed E-state index contributed by atoms with van der Waals surface area (Å²) in [5.74, 6) is 0.700. The third-order valence-corrected chi connectivity index (χ3v) is 4.76. The average molecular weight is 240 g/mol. The molecule has 0 amide bonds. The second-order valence-electron chi connectivity index (χ2n) is 5.85. The van der Waals surface area contributed by atoms with Crippen LogP contribution in [0.15, 0.2) is 0 Å². The van der Waals surface area contributed by atoms with Crippen molar-refractivity contribution in [1.29, 1.82) is 0 Å². The van der Waals surface area contributed by atoms with Crippen LogP contribution in [0.25, 0.3) is 0 Å². The Hall–Kier alpha value is -0.120. The standard InChI is InChI=1S/C14H28N2O/c1-11-7-8-12(9-15)10-16(11)13-5-3-4-6-14(13)17-2/h11-14H,3-10,15H2,1-2H3. The Morgan fingerprint density at radius 3 is 2.65 bits per heavy atom. The van der Waals surface area contributed by atoms with Gasteiger partial charge in [-0.05, 0) is 45.1 Å². The first-order chi connectivity index (χ1) is 8.26. The summed E-state index contributed by atoms with van der Waals surface area (Å²) >= 11 is 0. The van der Waals surface area contributed by atoms with Gasteiger partial charge >= 0.3 is 0 Å². The van der Waals surface area contributed by atoms with Gasteiger partial charge in [-0.2, -0.15) is 0 Å². The number of methoxy groups -OCH3 is 1. The Bertz CT molecular complexity index is 234. The quantitative estimate of drug-likeness (QED) is 0.820. The fourth-order valence-corrected chi connectivity index (χ4v) is 3.60. The van der Waals surface area contributed by atoms with Crippen LogP contribution in [-0.4, -0.2) is 43.3 Å². The summed E-state index contributed by atoms with van der Waals surface area (Å²) in [4.78, 5) is 2.69. The average Bonchev–Trinajstić information content (AvgIpc) is 2.39. The van der Waals surface area contributed by atoms with Gasteiger partial charge in [-0.1, -0.05) is 12.8 Å². The number of nitrogens with two attached hydrogens (primary N) is 1. The zero-order valence-electron chi connectivity index (χ0n) is 11.4. The summed E-state index contributed by atoms with van der Waals surface area (Å²) in [7, 11) is 1.87. The molecule has 1 aliphatic heterocycles. The van der Waals surface area contributed by atoms with Crippen molar-refractivity contribution in [3.05, 3.63) is 0 Å². The Labute approximate surface area is 106 Å². The van der Waals surface area contributed by atoms with Gasteiger partial charge < -0.3 is 10.5 Å². The second-order valence-corrected chi connectivity index (χ2v) is 5.85. The van der Waals surface area contributed by atoms with Crippen LogP contribution in [0.4, 0.5) is 0 Å². The zero-order valence-corrected chi connectivity index (χ0v) is 11.4. The first-order valence-electron chi connectivity index (χ1n) is 7.24. The van der Waals surface area contributed by atoms with E-state index < -0.39 is 0 Å². The monoisotopic (exact) mass is 240 g/mol. The molecule has 1 heterocycles. The molecule has 2 fully saturated rings. The molecule has 0 radical (unpaired) electrons. The van der Waals surface area contributed by atoms with Crippen LogP contribution < -0.4 is 5.73 Å². The molecule has 4 unspecified atom stereocenters. The van der Waals surface area contributed by atoms with Crippen LogP contribution in [0.1, 0.15) is 45.4 Å². The molecule has 100 valence electrons. The predicted octanol–water partition coefficient (Wildman–Crippen LogP) is 2.00. The molecule has 2 aliphatic rings. The minimum absolute atomic E-state index is 0.447. The first kappa shape index (κ1) is 13.3. The molecule has 0 aromatic heterocycles. The number of piperidine rings is 1. The fourth-order valence-electron chi connectivity index (χ4n) is 3.60. The first-order valence-corrected chi connectivity index (χ1v) is 7.24. The summed E-state index contributed by atoms with van der Waals surface area (Å²) in [6.45, 7) is 4.39. The van der Waals surface area contributed by atoms with Gasteiger partial charge in [-0.25, -0.2) is 0 Å². The molecule has 3 heteroatoms. The van der Waals surface area contributed by atoms with Crippen molar-refractivity contribution in [1.82, 2.24) is 4.90 Å². The molecule has 3 nitrogen and oxygen atoms in total. The maximum atomic E-state index is 5.85. The van der Waals surface area contributed by atoms with Crippen LogP contribution in [-0.2, 0) is 4.74 Å². The van der Waals surface area contributed by atoms with Crippen molar-refractivity contribution in [3.8, 4) is 0 Å². The molecule has 0 aromatic rings. The summed E-state index contributed by atoms with van der Waals surface area (Å²) in [5.41, 5.74) is 5.85. The van der Waals surface area contributed by atoms with Gasteiger partial charge in [0.1, 0.15) is 0 Å². The van der Waals surface area contributed by atoms with E-state index in [4.69, 9.17) is 10.5 Å². The number of hydrogen-bond donors (Lipinski definition) is 1. The fraction of sp³-hybridized carbons (Fsp3) is 1.00. The molecule has 0 bridgehead atoms. The zero-order chi connectivity index (χ0) is 12.3. The Kier molecular flexibility index (Phi) is 4.83. The van der Waals surface area contributed by atoms with Gasteiger partial charge in [-0.15, -0.1) is 0 Å². The maximum absolute atomic E-state index is 5.85. The van der Waals surface area contributed by atoms with E-state index in [2.05, 4.69) is 11.8 Å². The SMILES string of the molecule is COC1CCCCC1N1CC(CN)CCC1C. The highest BCUT2D eigenvalue weighted by atomic mass is 16.5. The lowest BCUT2D eigenvalue weighted by molar-refractivity contribution is -0.0425. The molecular formula is C14H28N2O. The molecule has 0 aromatic carbocycles. The van der Waals surface area contributed by atoms with Crippen molar-refractivity contribution in [2.24, 2.45) is 11.7 Å². The molecule has 0 spiro atoms. The van der Waals surface area contributed by atoms with Gasteiger partial charge in [0.05, 0.1) is 6.10 Å². The number of ether oxygens (including phenoxy) is 1. The van der Waals surface area contributed by atoms with E-state index >= 15 is 0 Å². The molecule has 1 aliphatic carbocycles. The highest BCUT2D eigenvalue weighted by Gasteiger charge is 2.35. The minimum atomic E-state index is 0.447. The van der Waals surface area contributed by atoms with E-state index in [1.54, 1.807) is 0 Å². The molecule has 2 N–H and O–H groups in total. The normalized spacial score (nSPS) is 40.4. The third kappa shape index (κ3) is 3.01. The van der Waals surface area contributed by atoms with E-state index in [-0.39, 0.29) is 0 Å². The van der Waals surface area contributed by atoms with Crippen molar-refractivity contribution in [3.63, 3.8) is 0 Å². The number of rotatable bonds is 3. The van der Waals surface area contributed by atoms with E-state index in [0.717, 1.165) is 6.54 Å². The van der Waals surface area contributed by atoms with Gasteiger partial charge in [0.15, 0.2) is 0 Å². The van der Waals surface area contributed by atoms with Gasteiger partial charge in [-0.3, -0.25) is 4.90 Å². The van der Waals surface area contributed by atoms with Gasteiger partial charge in [0.25, 0.3) is 0 Å². The van der Waals surface area contributed by atoms with E-state index in [0.29, 0.717) is 24.1 Å². The molecular weight excluding hydrogens is 212 g/mol. The van der Waals surface area contributed by atoms with E-state index in [1.807, 2.05) is 7.11 Å². The molecule has 1 saturated carbocycles. The Morgan fingerprint density at radius 2 is 1.94 bits per heavy atom. The minimum Gasteiger partial charge on any atom is -0.380 e. The van der Waals surface area contributed by atoms with Crippen LogP contribution in [0.5, 0.6) is 0 Å². The number of nitrogens with zero attached hydrogens (tertiary/aromatic N) is 1. The molecule has 2 rings (SSSR count). The van der Waals surface area contributed by atoms with Crippen LogP contribution in [0.3, 0.4) is 0 Å². The highest BCUT2D eigenvalue weighted by molar-refractivity contribution is 4.90. The van der Waals surface area contributed by atoms with Crippen LogP contribution in [0, 0.1) is 5.92 Å². The lowest BCUT2D eigenvalue weighted by Gasteiger charge is -2.46. The van der Waals surface area contributed by atoms with Crippen LogP contribution >= 0.6 is 0 Å². The summed E-state index contributed by atoms with van der Waals surface area (Å²) in [6, 6.07) is 1.34. The van der Waals surface area contributed by atoms with Crippen molar-refractivity contribution in [2.45, 2.75) is 63.6 Å². The molecule has 1 saturated heterocycles. The third-order valence-electron chi connectivity index (χ3n) is 4.76. The maximum Gasteiger partial charge on any atom is 0.0726 e. The lowest BCUT2D eigenvalue weighted by Crippen LogP contribution is -2.54. The Balaban J connectivity index is 2.01. The van der Waals surface area contributed by atoms with Crippen molar-refractivity contribution in [2.75, 3.05) is 20.2 Å². The second kappa shape index (κ2) is 6.17. The number of likely N-dealkylation sites (tertiary alicyclic amines) is 1. The largest absolute Gasteiger partial charge is 0.380 e. The van der Waals surface area contributed by atoms with E-state index in [9.17, 15) is 0 Å². The Morgan fingerprint density at radius 1 is 1.18 bits per heavy atom. The summed E-state index contributed by atoms with van der Waals surface area (Å²) in [6.07, 6.45) is 8.28. The molecule has 17 heavy (non-hydrogen) atoms. The van der Waals surface area contributed by atoms with Crippen molar-refractivity contribution < 1.29 is 4.74 Å². The number of hydrogen-bond acceptors (Lipinski definition) is 3. The van der Waals surface area contributed by atoms with E-state index in [1.165, 1.54) is 45.1 Å². The van der Waals surface area contributed by atoms with Crippen molar-refractivity contribution >= 4 is 0 Å². The lowest BCUT2D eigenvalue weighted by atomic mass is 9.86. The van der Waals surface area contributed by atoms with Gasteiger partial charge in [0.2, 0.25) is 0 Å². The van der Waals surface area contributed by atoms with Gasteiger partial charge in [0, 0.05) is 25.7 Å². The smallest absolute Gasteiger partial charge is 0.0726 e. The summed E-state index contributed by atoms with van der Waals surface area (Å²) in [5, 5.41) is 0. The highest BCUT2D eigenvalue weighted by Crippen LogP contribution is 2.31. The topological polar surface area (TPSA) is 38.5 Å². The summed E-state index contributed by atoms with van der Waals surface area (Å²) < 4.78 is 5.70. The molecule has 4 atom stereocenters.